The molecule has 0 saturated carbocycles. The van der Waals surface area contributed by atoms with Crippen LogP contribution in [0.2, 0.25) is 0 Å². The number of rotatable bonds is 4. The van der Waals surface area contributed by atoms with Crippen molar-refractivity contribution >= 4 is 11.9 Å². The van der Waals surface area contributed by atoms with E-state index in [1.165, 1.54) is 0 Å². The average Bonchev–Trinajstić information content (AvgIpc) is 3.06. The van der Waals surface area contributed by atoms with Gasteiger partial charge in [0.05, 0.1) is 0 Å². The van der Waals surface area contributed by atoms with Gasteiger partial charge in [-0.1, -0.05) is 6.07 Å². The van der Waals surface area contributed by atoms with Gasteiger partial charge in [-0.25, -0.2) is 4.98 Å². The molecule has 0 aromatic carbocycles. The number of carbonyl (C=O) groups excluding carboxylic acids is 1. The number of nitroso groups, excluding NO2 is 1. The highest BCUT2D eigenvalue weighted by atomic mass is 16.5. The zero-order valence-electron chi connectivity index (χ0n) is 11.7. The number of aromatic nitrogens is 2. The van der Waals surface area contributed by atoms with Gasteiger partial charge in [0.25, 0.3) is 6.01 Å². The molecule has 114 valence electrons. The lowest BCUT2D eigenvalue weighted by Crippen LogP contribution is -2.38. The number of carbonyl (C=O) groups is 1. The summed E-state index contributed by atoms with van der Waals surface area (Å²) in [6.07, 6.45) is 4.49. The molecular weight excluding hydrogens is 288 g/mol. The maximum absolute atomic E-state index is 11.1. The van der Waals surface area contributed by atoms with Crippen LogP contribution in [0, 0.1) is 4.91 Å². The molecule has 8 nitrogen and oxygen atoms in total. The van der Waals surface area contributed by atoms with Crippen LogP contribution in [-0.4, -0.2) is 35.1 Å². The molecule has 2 aromatic heterocycles. The Morgan fingerprint density at radius 1 is 1.36 bits per heavy atom. The van der Waals surface area contributed by atoms with Crippen LogP contribution in [0.25, 0.3) is 0 Å². The minimum atomic E-state index is -0.927. The van der Waals surface area contributed by atoms with Crippen LogP contribution in [0.1, 0.15) is 23.3 Å². The molecule has 0 atom stereocenters. The number of ether oxygens (including phenoxy) is 1. The van der Waals surface area contributed by atoms with Crippen LogP contribution in [0.3, 0.4) is 0 Å². The molecule has 3 rings (SSSR count). The van der Waals surface area contributed by atoms with Crippen molar-refractivity contribution in [3.8, 4) is 5.88 Å². The molecule has 0 spiro atoms. The van der Waals surface area contributed by atoms with E-state index in [9.17, 15) is 9.70 Å². The Morgan fingerprint density at radius 3 is 2.86 bits per heavy atom. The molecule has 1 aliphatic rings. The predicted molar refractivity (Wildman–Crippen MR) is 76.7 cm³/mol. The fourth-order valence-electron chi connectivity index (χ4n) is 2.31. The number of nitrogens with zero attached hydrogens (tertiary/aromatic N) is 4. The molecule has 8 heteroatoms. The lowest BCUT2D eigenvalue weighted by molar-refractivity contribution is 0.0996. The number of oxazole rings is 1. The molecule has 1 fully saturated rings. The molecule has 22 heavy (non-hydrogen) atoms. The number of amides is 1. The van der Waals surface area contributed by atoms with Gasteiger partial charge < -0.3 is 14.1 Å². The maximum Gasteiger partial charge on any atom is 0.338 e. The van der Waals surface area contributed by atoms with E-state index in [1.54, 1.807) is 6.20 Å². The Hall–Kier alpha value is -2.77. The van der Waals surface area contributed by atoms with E-state index in [2.05, 4.69) is 15.1 Å². The van der Waals surface area contributed by atoms with Crippen molar-refractivity contribution in [2.24, 2.45) is 5.18 Å². The number of hydrogen-bond donors (Lipinski definition) is 0. The summed E-state index contributed by atoms with van der Waals surface area (Å²) in [5, 5.41) is 2.32. The largest absolute Gasteiger partial charge is 0.474 e. The fraction of sp³-hybridized carbons (Fsp3) is 0.357. The van der Waals surface area contributed by atoms with Gasteiger partial charge in [0.15, 0.2) is 5.69 Å². The Bertz CT molecular complexity index is 650. The summed E-state index contributed by atoms with van der Waals surface area (Å²) < 4.78 is 11.0. The smallest absolute Gasteiger partial charge is 0.338 e. The van der Waals surface area contributed by atoms with Crippen molar-refractivity contribution in [3.63, 3.8) is 0 Å². The first-order chi connectivity index (χ1) is 10.8. The van der Waals surface area contributed by atoms with E-state index in [-0.39, 0.29) is 11.8 Å². The van der Waals surface area contributed by atoms with Crippen LogP contribution in [-0.2, 0) is 0 Å². The summed E-state index contributed by atoms with van der Waals surface area (Å²) in [7, 11) is 0. The van der Waals surface area contributed by atoms with E-state index in [1.807, 2.05) is 23.1 Å². The highest BCUT2D eigenvalue weighted by Gasteiger charge is 2.24. The Balaban J connectivity index is 1.56. The van der Waals surface area contributed by atoms with Crippen LogP contribution in [0.5, 0.6) is 5.88 Å². The minimum absolute atomic E-state index is 0.0724. The SMILES string of the molecule is O=NC(=O)c1coc(N2CCC(Oc3ccccn3)CC2)n1. The molecule has 0 N–H and O–H groups in total. The molecule has 0 unspecified atom stereocenters. The van der Waals surface area contributed by atoms with Crippen molar-refractivity contribution < 1.29 is 13.9 Å². The van der Waals surface area contributed by atoms with Gasteiger partial charge in [0.2, 0.25) is 5.88 Å². The first-order valence-electron chi connectivity index (χ1n) is 6.92. The molecule has 1 saturated heterocycles. The van der Waals surface area contributed by atoms with Gasteiger partial charge in [-0.05, 0) is 6.07 Å². The van der Waals surface area contributed by atoms with Crippen LogP contribution < -0.4 is 9.64 Å². The van der Waals surface area contributed by atoms with Gasteiger partial charge >= 0.3 is 5.91 Å². The van der Waals surface area contributed by atoms with Gasteiger partial charge in [-0.3, -0.25) is 4.79 Å². The molecule has 1 amide bonds. The second kappa shape index (κ2) is 6.33. The maximum atomic E-state index is 11.1. The summed E-state index contributed by atoms with van der Waals surface area (Å²) in [6, 6.07) is 5.86. The average molecular weight is 302 g/mol. The standard InChI is InChI=1S/C14H14N4O4/c19-13(17-20)11-9-21-14(16-11)18-7-4-10(5-8-18)22-12-3-1-2-6-15-12/h1-3,6,9-10H,4-5,7-8H2. The first-order valence-corrected chi connectivity index (χ1v) is 6.92. The molecule has 0 radical (unpaired) electrons. The number of piperidine rings is 1. The lowest BCUT2D eigenvalue weighted by atomic mass is 10.1. The van der Waals surface area contributed by atoms with E-state index in [4.69, 9.17) is 9.15 Å². The molecular formula is C14H14N4O4. The van der Waals surface area contributed by atoms with Crippen molar-refractivity contribution in [2.75, 3.05) is 18.0 Å². The molecule has 3 heterocycles. The summed E-state index contributed by atoms with van der Waals surface area (Å²) in [5.41, 5.74) is -0.0724. The topological polar surface area (TPSA) is 97.9 Å². The highest BCUT2D eigenvalue weighted by Crippen LogP contribution is 2.22. The van der Waals surface area contributed by atoms with Gasteiger partial charge in [0.1, 0.15) is 12.4 Å². The number of anilines is 1. The van der Waals surface area contributed by atoms with Gasteiger partial charge in [-0.15, -0.1) is 4.91 Å². The Labute approximate surface area is 126 Å². The third kappa shape index (κ3) is 3.11. The number of pyridine rings is 1. The summed E-state index contributed by atoms with van der Waals surface area (Å²) in [5.74, 6) is -0.314. The summed E-state index contributed by atoms with van der Waals surface area (Å²) >= 11 is 0. The second-order valence-electron chi connectivity index (χ2n) is 4.88. The zero-order valence-corrected chi connectivity index (χ0v) is 11.7. The lowest BCUT2D eigenvalue weighted by Gasteiger charge is -2.30. The third-order valence-corrected chi connectivity index (χ3v) is 3.43. The van der Waals surface area contributed by atoms with Gasteiger partial charge in [-0.2, -0.15) is 4.98 Å². The molecule has 0 bridgehead atoms. The Kier molecular flexibility index (Phi) is 4.08. The van der Waals surface area contributed by atoms with E-state index in [0.29, 0.717) is 25.0 Å². The first kappa shape index (κ1) is 14.2. The second-order valence-corrected chi connectivity index (χ2v) is 4.88. The summed E-state index contributed by atoms with van der Waals surface area (Å²) in [6.45, 7) is 1.36. The third-order valence-electron chi connectivity index (χ3n) is 3.43. The van der Waals surface area contributed by atoms with Crippen molar-refractivity contribution in [1.82, 2.24) is 9.97 Å². The Morgan fingerprint density at radius 2 is 2.18 bits per heavy atom. The van der Waals surface area contributed by atoms with Crippen LogP contribution in [0.4, 0.5) is 6.01 Å². The van der Waals surface area contributed by atoms with Crippen molar-refractivity contribution in [1.29, 1.82) is 0 Å². The van der Waals surface area contributed by atoms with E-state index in [0.717, 1.165) is 19.1 Å². The minimum Gasteiger partial charge on any atom is -0.474 e. The van der Waals surface area contributed by atoms with Crippen molar-refractivity contribution in [2.45, 2.75) is 18.9 Å². The molecule has 2 aromatic rings. The van der Waals surface area contributed by atoms with Crippen LogP contribution >= 0.6 is 0 Å². The van der Waals surface area contributed by atoms with E-state index >= 15 is 0 Å². The zero-order chi connectivity index (χ0) is 15.4. The molecule has 0 aliphatic carbocycles. The monoisotopic (exact) mass is 302 g/mol. The van der Waals surface area contributed by atoms with Gasteiger partial charge in [0, 0.05) is 43.4 Å². The quantitative estimate of drug-likeness (QED) is 0.797. The van der Waals surface area contributed by atoms with Crippen molar-refractivity contribution in [3.05, 3.63) is 41.3 Å². The molecule has 1 aliphatic heterocycles. The fourth-order valence-corrected chi connectivity index (χ4v) is 2.31. The summed E-state index contributed by atoms with van der Waals surface area (Å²) in [4.78, 5) is 31.3. The predicted octanol–water partition coefficient (Wildman–Crippen LogP) is 2.02. The number of hydrogen-bond acceptors (Lipinski definition) is 7. The van der Waals surface area contributed by atoms with Crippen LogP contribution in [0.15, 0.2) is 40.3 Å². The normalized spacial score (nSPS) is 15.5. The highest BCUT2D eigenvalue weighted by molar-refractivity contribution is 5.92. The van der Waals surface area contributed by atoms with E-state index < -0.39 is 5.91 Å².